The van der Waals surface area contributed by atoms with Crippen LogP contribution in [-0.2, 0) is 0 Å². The van der Waals surface area contributed by atoms with Crippen molar-refractivity contribution in [3.63, 3.8) is 0 Å². The summed E-state index contributed by atoms with van der Waals surface area (Å²) in [5, 5.41) is 9.67. The minimum atomic E-state index is 0.612. The van der Waals surface area contributed by atoms with E-state index in [9.17, 15) is 0 Å². The van der Waals surface area contributed by atoms with E-state index in [0.717, 1.165) is 23.7 Å². The van der Waals surface area contributed by atoms with E-state index in [4.69, 9.17) is 5.41 Å². The summed E-state index contributed by atoms with van der Waals surface area (Å²) in [5.41, 5.74) is 3.30. The molecule has 0 fully saturated rings. The lowest BCUT2D eigenvalue weighted by Crippen LogP contribution is -2.20. The highest BCUT2D eigenvalue weighted by molar-refractivity contribution is 5.86. The number of hydrogen-bond acceptors (Lipinski definition) is 3. The summed E-state index contributed by atoms with van der Waals surface area (Å²) in [4.78, 5) is 6.54. The van der Waals surface area contributed by atoms with Crippen molar-refractivity contribution in [1.29, 1.82) is 5.41 Å². The van der Waals surface area contributed by atoms with E-state index in [2.05, 4.69) is 23.8 Å². The van der Waals surface area contributed by atoms with Crippen molar-refractivity contribution in [2.75, 3.05) is 13.6 Å². The lowest BCUT2D eigenvalue weighted by atomic mass is 10.2. The second kappa shape index (κ2) is 4.77. The van der Waals surface area contributed by atoms with Crippen LogP contribution >= 0.6 is 0 Å². The van der Waals surface area contributed by atoms with Crippen LogP contribution in [0.3, 0.4) is 0 Å². The van der Waals surface area contributed by atoms with Crippen LogP contribution in [0.15, 0.2) is 28.7 Å². The molecule has 4 nitrogen and oxygen atoms in total. The Morgan fingerprint density at radius 2 is 2.40 bits per heavy atom. The molecule has 1 aliphatic heterocycles. The SMILES string of the molecule is C=C1CC(C)=C(/N=C(\C)CNC=N)N1C. The van der Waals surface area contributed by atoms with Crippen molar-refractivity contribution < 1.29 is 0 Å². The summed E-state index contributed by atoms with van der Waals surface area (Å²) in [7, 11) is 1.98. The van der Waals surface area contributed by atoms with Crippen LogP contribution in [0.4, 0.5) is 0 Å². The van der Waals surface area contributed by atoms with E-state index in [-0.39, 0.29) is 0 Å². The second-order valence-corrected chi connectivity index (χ2v) is 3.78. The molecule has 0 spiro atoms. The van der Waals surface area contributed by atoms with Gasteiger partial charge in [0.25, 0.3) is 0 Å². The van der Waals surface area contributed by atoms with Crippen molar-refractivity contribution in [3.05, 3.63) is 23.7 Å². The van der Waals surface area contributed by atoms with Crippen molar-refractivity contribution in [2.45, 2.75) is 20.3 Å². The summed E-state index contributed by atoms with van der Waals surface area (Å²) >= 11 is 0. The van der Waals surface area contributed by atoms with Crippen LogP contribution in [0.5, 0.6) is 0 Å². The Labute approximate surface area is 90.9 Å². The topological polar surface area (TPSA) is 51.5 Å². The van der Waals surface area contributed by atoms with E-state index in [1.54, 1.807) is 0 Å². The molecular weight excluding hydrogens is 188 g/mol. The average molecular weight is 206 g/mol. The molecular formula is C11H18N4. The van der Waals surface area contributed by atoms with Crippen molar-refractivity contribution in [1.82, 2.24) is 10.2 Å². The number of hydrogen-bond donors (Lipinski definition) is 2. The number of nitrogens with zero attached hydrogens (tertiary/aromatic N) is 2. The number of aliphatic imine (C=N–C) groups is 1. The molecule has 82 valence electrons. The van der Waals surface area contributed by atoms with Gasteiger partial charge in [0, 0.05) is 24.9 Å². The van der Waals surface area contributed by atoms with Gasteiger partial charge in [-0.05, 0) is 19.4 Å². The highest BCUT2D eigenvalue weighted by atomic mass is 15.2. The molecule has 0 aromatic carbocycles. The first kappa shape index (κ1) is 11.5. The third-order valence-electron chi connectivity index (χ3n) is 2.40. The van der Waals surface area contributed by atoms with E-state index < -0.39 is 0 Å². The summed E-state index contributed by atoms with van der Waals surface area (Å²) in [6, 6.07) is 0. The van der Waals surface area contributed by atoms with Crippen LogP contribution in [-0.4, -0.2) is 30.5 Å². The summed E-state index contributed by atoms with van der Waals surface area (Å²) in [6.07, 6.45) is 2.08. The van der Waals surface area contributed by atoms with Crippen LogP contribution in [0.2, 0.25) is 0 Å². The first-order chi connectivity index (χ1) is 7.06. The Morgan fingerprint density at radius 1 is 1.73 bits per heavy atom. The fourth-order valence-corrected chi connectivity index (χ4v) is 1.53. The van der Waals surface area contributed by atoms with Crippen molar-refractivity contribution in [3.8, 4) is 0 Å². The van der Waals surface area contributed by atoms with Gasteiger partial charge in [0.15, 0.2) is 0 Å². The van der Waals surface area contributed by atoms with Crippen LogP contribution in [0, 0.1) is 5.41 Å². The van der Waals surface area contributed by atoms with Crippen LogP contribution in [0.1, 0.15) is 20.3 Å². The zero-order valence-corrected chi connectivity index (χ0v) is 9.59. The third kappa shape index (κ3) is 2.68. The van der Waals surface area contributed by atoms with Gasteiger partial charge >= 0.3 is 0 Å². The lowest BCUT2D eigenvalue weighted by Gasteiger charge is -2.14. The lowest BCUT2D eigenvalue weighted by molar-refractivity contribution is 0.536. The van der Waals surface area contributed by atoms with Gasteiger partial charge in [-0.3, -0.25) is 5.41 Å². The Morgan fingerprint density at radius 3 is 2.87 bits per heavy atom. The molecule has 4 heteroatoms. The Balaban J connectivity index is 2.76. The van der Waals surface area contributed by atoms with Gasteiger partial charge in [-0.2, -0.15) is 0 Å². The predicted octanol–water partition coefficient (Wildman–Crippen LogP) is 1.72. The van der Waals surface area contributed by atoms with Crippen LogP contribution < -0.4 is 5.32 Å². The monoisotopic (exact) mass is 206 g/mol. The van der Waals surface area contributed by atoms with Gasteiger partial charge in [-0.1, -0.05) is 6.58 Å². The molecule has 1 heterocycles. The van der Waals surface area contributed by atoms with E-state index in [0.29, 0.717) is 6.54 Å². The van der Waals surface area contributed by atoms with Gasteiger partial charge in [0.1, 0.15) is 5.82 Å². The molecule has 0 radical (unpaired) electrons. The average Bonchev–Trinajstić information content (AvgIpc) is 2.42. The third-order valence-corrected chi connectivity index (χ3v) is 2.40. The minimum absolute atomic E-state index is 0.612. The van der Waals surface area contributed by atoms with E-state index in [1.807, 2.05) is 18.9 Å². The molecule has 15 heavy (non-hydrogen) atoms. The molecule has 1 rings (SSSR count). The normalized spacial score (nSPS) is 17.4. The quantitative estimate of drug-likeness (QED) is 0.543. The van der Waals surface area contributed by atoms with Gasteiger partial charge in [0.05, 0.1) is 12.9 Å². The van der Waals surface area contributed by atoms with Crippen LogP contribution in [0.25, 0.3) is 0 Å². The van der Waals surface area contributed by atoms with Gasteiger partial charge < -0.3 is 10.2 Å². The van der Waals surface area contributed by atoms with Gasteiger partial charge in [0.2, 0.25) is 0 Å². The maximum atomic E-state index is 6.86. The number of rotatable bonds is 4. The first-order valence-corrected chi connectivity index (χ1v) is 4.94. The fourth-order valence-electron chi connectivity index (χ4n) is 1.53. The molecule has 0 bridgehead atoms. The summed E-state index contributed by atoms with van der Waals surface area (Å²) in [5.74, 6) is 0.990. The predicted molar refractivity (Wildman–Crippen MR) is 64.1 cm³/mol. The molecule has 0 aromatic rings. The van der Waals surface area contributed by atoms with Gasteiger partial charge in [-0.25, -0.2) is 4.99 Å². The molecule has 0 aromatic heterocycles. The summed E-state index contributed by atoms with van der Waals surface area (Å²) < 4.78 is 0. The highest BCUT2D eigenvalue weighted by Gasteiger charge is 2.19. The highest BCUT2D eigenvalue weighted by Crippen LogP contribution is 2.29. The van der Waals surface area contributed by atoms with Crippen molar-refractivity contribution in [2.24, 2.45) is 4.99 Å². The first-order valence-electron chi connectivity index (χ1n) is 4.94. The standard InChI is InChI=1S/C11H18N4/c1-8-5-10(3)15(4)11(8)14-9(2)6-13-7-12/h7H,3,5-6H2,1-2,4H3,(H2,12,13)/b14-9+. The molecule has 0 unspecified atom stereocenters. The van der Waals surface area contributed by atoms with E-state index in [1.165, 1.54) is 11.9 Å². The number of allylic oxidation sites excluding steroid dienone is 1. The molecule has 0 aliphatic carbocycles. The molecule has 0 saturated carbocycles. The largest absolute Gasteiger partial charge is 0.371 e. The Bertz CT molecular complexity index is 338. The molecule has 0 atom stereocenters. The number of nitrogens with one attached hydrogen (secondary N) is 2. The zero-order chi connectivity index (χ0) is 11.4. The fraction of sp³-hybridized carbons (Fsp3) is 0.455. The molecule has 0 amide bonds. The maximum Gasteiger partial charge on any atom is 0.131 e. The van der Waals surface area contributed by atoms with E-state index >= 15 is 0 Å². The van der Waals surface area contributed by atoms with Crippen molar-refractivity contribution >= 4 is 12.1 Å². The molecule has 2 N–H and O–H groups in total. The maximum absolute atomic E-state index is 6.86. The Kier molecular flexibility index (Phi) is 3.66. The molecule has 1 aliphatic rings. The Hall–Kier alpha value is -1.58. The summed E-state index contributed by atoms with van der Waals surface area (Å²) in [6.45, 7) is 8.60. The zero-order valence-electron chi connectivity index (χ0n) is 9.59. The minimum Gasteiger partial charge on any atom is -0.371 e. The second-order valence-electron chi connectivity index (χ2n) is 3.78. The smallest absolute Gasteiger partial charge is 0.131 e. The molecule has 0 saturated heterocycles. The van der Waals surface area contributed by atoms with Gasteiger partial charge in [-0.15, -0.1) is 0 Å².